The summed E-state index contributed by atoms with van der Waals surface area (Å²) in [6, 6.07) is 21.1. The zero-order chi connectivity index (χ0) is 24.9. The first-order valence-electron chi connectivity index (χ1n) is 10.5. The molecule has 0 amide bonds. The molecule has 3 aromatic carbocycles. The van der Waals surface area contributed by atoms with Gasteiger partial charge in [-0.2, -0.15) is 14.7 Å². The van der Waals surface area contributed by atoms with Crippen LogP contribution in [0.25, 0.3) is 38.0 Å². The van der Waals surface area contributed by atoms with E-state index in [9.17, 15) is 8.78 Å². The molecule has 0 aliphatic rings. The fourth-order valence-corrected chi connectivity index (χ4v) is 4.66. The second-order valence-corrected chi connectivity index (χ2v) is 8.69. The van der Waals surface area contributed by atoms with Gasteiger partial charge in [0.05, 0.1) is 16.3 Å². The van der Waals surface area contributed by atoms with Crippen LogP contribution in [0.5, 0.6) is 0 Å². The Labute approximate surface area is 204 Å². The van der Waals surface area contributed by atoms with Crippen molar-refractivity contribution in [2.75, 3.05) is 0 Å². The molecule has 0 aliphatic heterocycles. The van der Waals surface area contributed by atoms with Crippen LogP contribution in [0.2, 0.25) is 0 Å². The van der Waals surface area contributed by atoms with E-state index in [2.05, 4.69) is 5.10 Å². The maximum atomic E-state index is 14.0. The Kier molecular flexibility index (Phi) is 7.06. The molecule has 5 aromatic rings. The summed E-state index contributed by atoms with van der Waals surface area (Å²) in [5.41, 5.74) is 5.94. The lowest BCUT2D eigenvalue weighted by atomic mass is 10.1. The number of hydrogen-bond acceptors (Lipinski definition) is 5. The number of rotatable bonds is 4. The lowest BCUT2D eigenvalue weighted by Crippen LogP contribution is -1.94. The molecule has 0 unspecified atom stereocenters. The Morgan fingerprint density at radius 1 is 0.829 bits per heavy atom. The van der Waals surface area contributed by atoms with Crippen molar-refractivity contribution < 1.29 is 18.4 Å². The largest absolute Gasteiger partial charge is 0.373 e. The van der Waals surface area contributed by atoms with Crippen LogP contribution in [0.3, 0.4) is 0 Å². The van der Waals surface area contributed by atoms with Crippen LogP contribution in [-0.2, 0) is 9.59 Å². The monoisotopic (exact) mass is 487 g/mol. The highest BCUT2D eigenvalue weighted by Crippen LogP contribution is 2.39. The third-order valence-corrected chi connectivity index (χ3v) is 6.35. The molecule has 5 nitrogen and oxygen atoms in total. The Bertz CT molecular complexity index is 1520. The predicted molar refractivity (Wildman–Crippen MR) is 130 cm³/mol. The Morgan fingerprint density at radius 2 is 1.43 bits per heavy atom. The van der Waals surface area contributed by atoms with Gasteiger partial charge in [0.2, 0.25) is 5.13 Å². The smallest absolute Gasteiger partial charge is 0.218 e. The van der Waals surface area contributed by atoms with E-state index < -0.39 is 0 Å². The molecule has 0 fully saturated rings. The van der Waals surface area contributed by atoms with E-state index in [-0.39, 0.29) is 17.8 Å². The highest BCUT2D eigenvalue weighted by molar-refractivity contribution is 7.18. The number of aromatic nitrogens is 3. The molecule has 2 aromatic heterocycles. The van der Waals surface area contributed by atoms with Gasteiger partial charge in [-0.3, -0.25) is 0 Å². The summed E-state index contributed by atoms with van der Waals surface area (Å²) in [4.78, 5) is 22.0. The van der Waals surface area contributed by atoms with Crippen molar-refractivity contribution in [3.63, 3.8) is 0 Å². The van der Waals surface area contributed by atoms with Gasteiger partial charge in [-0.25, -0.2) is 18.4 Å². The van der Waals surface area contributed by atoms with Crippen LogP contribution in [-0.4, -0.2) is 20.9 Å². The van der Waals surface area contributed by atoms with Gasteiger partial charge in [0.15, 0.2) is 0 Å². The van der Waals surface area contributed by atoms with Gasteiger partial charge in [-0.15, -0.1) is 0 Å². The maximum Gasteiger partial charge on any atom is 0.373 e. The summed E-state index contributed by atoms with van der Waals surface area (Å²) >= 11 is 1.49. The van der Waals surface area contributed by atoms with Crippen LogP contribution in [0.15, 0.2) is 79.0 Å². The van der Waals surface area contributed by atoms with E-state index in [1.165, 1.54) is 35.6 Å². The maximum absolute atomic E-state index is 14.0. The summed E-state index contributed by atoms with van der Waals surface area (Å²) in [5.74, 6) is -0.603. The Balaban J connectivity index is 0.000000917. The molecule has 0 radical (unpaired) electrons. The summed E-state index contributed by atoms with van der Waals surface area (Å²) < 4.78 is 29.4. The topological polar surface area (TPSA) is 64.8 Å². The zero-order valence-corrected chi connectivity index (χ0v) is 19.6. The van der Waals surface area contributed by atoms with E-state index in [0.717, 1.165) is 32.8 Å². The number of carbonyl (C=O) groups excluding carboxylic acids is 2. The lowest BCUT2D eigenvalue weighted by Gasteiger charge is -2.03. The minimum absolute atomic E-state index is 0.250. The number of thiazole rings is 1. The first-order valence-corrected chi connectivity index (χ1v) is 11.4. The average Bonchev–Trinajstić information content (AvgIpc) is 3.44. The summed E-state index contributed by atoms with van der Waals surface area (Å²) in [5, 5.41) is 5.29. The van der Waals surface area contributed by atoms with Crippen LogP contribution in [0.4, 0.5) is 8.78 Å². The van der Waals surface area contributed by atoms with Crippen LogP contribution >= 0.6 is 11.3 Å². The second kappa shape index (κ2) is 10.3. The molecule has 0 N–H and O–H groups in total. The van der Waals surface area contributed by atoms with Gasteiger partial charge >= 0.3 is 6.15 Å². The highest BCUT2D eigenvalue weighted by Gasteiger charge is 2.18. The molecule has 8 heteroatoms. The van der Waals surface area contributed by atoms with Crippen molar-refractivity contribution in [3.8, 4) is 38.0 Å². The molecular weight excluding hydrogens is 468 g/mol. The predicted octanol–water partition coefficient (Wildman–Crippen LogP) is 6.64. The fourth-order valence-electron chi connectivity index (χ4n) is 3.64. The molecule has 0 saturated heterocycles. The third kappa shape index (κ3) is 5.30. The van der Waals surface area contributed by atoms with Gasteiger partial charge in [0, 0.05) is 17.3 Å². The van der Waals surface area contributed by atoms with E-state index in [1.54, 1.807) is 16.8 Å². The highest BCUT2D eigenvalue weighted by atomic mass is 32.1. The van der Waals surface area contributed by atoms with Gasteiger partial charge < -0.3 is 0 Å². The molecule has 5 rings (SSSR count). The molecule has 0 aliphatic carbocycles. The minimum atomic E-state index is -0.310. The Morgan fingerprint density at radius 3 is 2.06 bits per heavy atom. The first kappa shape index (κ1) is 23.9. The minimum Gasteiger partial charge on any atom is -0.218 e. The summed E-state index contributed by atoms with van der Waals surface area (Å²) in [6.07, 6.45) is 2.11. The van der Waals surface area contributed by atoms with Crippen molar-refractivity contribution in [1.29, 1.82) is 0 Å². The lowest BCUT2D eigenvalue weighted by molar-refractivity contribution is -0.191. The van der Waals surface area contributed by atoms with E-state index in [1.807, 2.05) is 56.4 Å². The summed E-state index contributed by atoms with van der Waals surface area (Å²) in [6.45, 7) is 3.93. The molecule has 0 bridgehead atoms. The van der Waals surface area contributed by atoms with Crippen molar-refractivity contribution >= 4 is 17.5 Å². The molecule has 2 heterocycles. The van der Waals surface area contributed by atoms with E-state index in [0.29, 0.717) is 16.4 Å². The summed E-state index contributed by atoms with van der Waals surface area (Å²) in [7, 11) is 0. The van der Waals surface area contributed by atoms with Gasteiger partial charge in [0.25, 0.3) is 0 Å². The van der Waals surface area contributed by atoms with Crippen molar-refractivity contribution in [2.24, 2.45) is 0 Å². The molecular formula is C27H19F2N3O2S. The Hall–Kier alpha value is -4.26. The number of nitrogens with zero attached hydrogens (tertiary/aromatic N) is 3. The standard InChI is InChI=1S/C26H19F2N3S.CO2/c1-16-9-11-18(12-10-16)25-24(20-6-4-8-22(28)14-20)29-26(32-25)31-15-23(17(2)30-31)19-5-3-7-21(27)13-19;2-1-3/h3-15H,1-2H3;. The normalized spacial score (nSPS) is 10.4. The van der Waals surface area contributed by atoms with Crippen LogP contribution < -0.4 is 0 Å². The zero-order valence-electron chi connectivity index (χ0n) is 18.8. The number of aryl methyl sites for hydroxylation is 2. The van der Waals surface area contributed by atoms with Gasteiger partial charge in [0.1, 0.15) is 11.6 Å². The van der Waals surface area contributed by atoms with Crippen molar-refractivity contribution in [1.82, 2.24) is 14.8 Å². The average molecular weight is 488 g/mol. The number of hydrogen-bond donors (Lipinski definition) is 0. The fraction of sp³-hybridized carbons (Fsp3) is 0.0741. The van der Waals surface area contributed by atoms with Gasteiger partial charge in [-0.1, -0.05) is 65.4 Å². The molecule has 35 heavy (non-hydrogen) atoms. The quantitative estimate of drug-likeness (QED) is 0.285. The van der Waals surface area contributed by atoms with E-state index >= 15 is 0 Å². The molecule has 0 saturated carbocycles. The van der Waals surface area contributed by atoms with Crippen LogP contribution in [0, 0.1) is 25.5 Å². The van der Waals surface area contributed by atoms with Crippen molar-refractivity contribution in [3.05, 3.63) is 102 Å². The molecule has 0 spiro atoms. The second-order valence-electron chi connectivity index (χ2n) is 7.72. The SMILES string of the molecule is Cc1ccc(-c2sc(-n3cc(-c4cccc(F)c4)c(C)n3)nc2-c2cccc(F)c2)cc1.O=C=O. The molecule has 174 valence electrons. The third-order valence-electron chi connectivity index (χ3n) is 5.26. The van der Waals surface area contributed by atoms with Crippen molar-refractivity contribution in [2.45, 2.75) is 13.8 Å². The number of halogens is 2. The molecule has 0 atom stereocenters. The number of benzene rings is 3. The van der Waals surface area contributed by atoms with Gasteiger partial charge in [-0.05, 0) is 49.2 Å². The van der Waals surface area contributed by atoms with Crippen LogP contribution in [0.1, 0.15) is 11.3 Å². The first-order chi connectivity index (χ1) is 16.9. The van der Waals surface area contributed by atoms with E-state index in [4.69, 9.17) is 14.6 Å².